The van der Waals surface area contributed by atoms with Crippen LogP contribution in [0.2, 0.25) is 0 Å². The third-order valence-corrected chi connectivity index (χ3v) is 2.35. The molecule has 0 radical (unpaired) electrons. The van der Waals surface area contributed by atoms with Crippen molar-refractivity contribution in [3.8, 4) is 0 Å². The van der Waals surface area contributed by atoms with Gasteiger partial charge in [-0.15, -0.1) is 5.10 Å². The maximum atomic E-state index is 5.43. The molecule has 0 aromatic carbocycles. The molecule has 5 nitrogen and oxygen atoms in total. The fourth-order valence-electron chi connectivity index (χ4n) is 1.47. The van der Waals surface area contributed by atoms with Crippen LogP contribution in [0.15, 0.2) is 0 Å². The summed E-state index contributed by atoms with van der Waals surface area (Å²) in [5, 5.41) is 11.3. The molecule has 1 aromatic rings. The van der Waals surface area contributed by atoms with Gasteiger partial charge in [0, 0.05) is 6.54 Å². The first kappa shape index (κ1) is 13.8. The van der Waals surface area contributed by atoms with Crippen molar-refractivity contribution in [3.05, 3.63) is 11.4 Å². The van der Waals surface area contributed by atoms with Crippen molar-refractivity contribution in [2.24, 2.45) is 0 Å². The summed E-state index contributed by atoms with van der Waals surface area (Å²) in [7, 11) is 0. The van der Waals surface area contributed by atoms with Crippen LogP contribution in [0.4, 0.5) is 5.95 Å². The first-order valence-electron chi connectivity index (χ1n) is 6.25. The van der Waals surface area contributed by atoms with Crippen molar-refractivity contribution in [3.63, 3.8) is 0 Å². The van der Waals surface area contributed by atoms with Gasteiger partial charge in [0.2, 0.25) is 5.95 Å². The highest BCUT2D eigenvalue weighted by Gasteiger charge is 2.05. The zero-order valence-corrected chi connectivity index (χ0v) is 11.2. The largest absolute Gasteiger partial charge is 0.377 e. The Morgan fingerprint density at radius 1 is 1.12 bits per heavy atom. The van der Waals surface area contributed by atoms with Gasteiger partial charge < -0.3 is 10.1 Å². The minimum atomic E-state index is 0.254. The molecule has 0 bridgehead atoms. The van der Waals surface area contributed by atoms with Gasteiger partial charge in [-0.3, -0.25) is 0 Å². The van der Waals surface area contributed by atoms with Crippen molar-refractivity contribution in [1.82, 2.24) is 15.2 Å². The normalized spacial score (nSPS) is 10.9. The third-order valence-electron chi connectivity index (χ3n) is 2.35. The molecule has 96 valence electrons. The average molecular weight is 238 g/mol. The maximum Gasteiger partial charge on any atom is 0.243 e. The smallest absolute Gasteiger partial charge is 0.243 e. The highest BCUT2D eigenvalue weighted by molar-refractivity contribution is 5.25. The molecule has 17 heavy (non-hydrogen) atoms. The molecule has 0 saturated carbocycles. The molecule has 0 fully saturated rings. The van der Waals surface area contributed by atoms with E-state index in [1.54, 1.807) is 0 Å². The Hall–Kier alpha value is -1.23. The standard InChI is InChI=1S/C12H22N4O/c1-5-10-11(6-2)15-16-12(14-10)13-7-8-17-9(3)4/h9H,5-8H2,1-4H3,(H,13,14,16). The Morgan fingerprint density at radius 2 is 1.82 bits per heavy atom. The van der Waals surface area contributed by atoms with Crippen LogP contribution in [-0.4, -0.2) is 34.4 Å². The molecule has 5 heteroatoms. The predicted molar refractivity (Wildman–Crippen MR) is 68.2 cm³/mol. The maximum absolute atomic E-state index is 5.43. The van der Waals surface area contributed by atoms with Gasteiger partial charge in [0.05, 0.1) is 24.1 Å². The van der Waals surface area contributed by atoms with E-state index in [-0.39, 0.29) is 6.10 Å². The van der Waals surface area contributed by atoms with Gasteiger partial charge >= 0.3 is 0 Å². The summed E-state index contributed by atoms with van der Waals surface area (Å²) < 4.78 is 5.43. The average Bonchev–Trinajstić information content (AvgIpc) is 2.34. The molecule has 0 aliphatic carbocycles. The molecular formula is C12H22N4O. The Labute approximate surface area is 103 Å². The van der Waals surface area contributed by atoms with E-state index in [0.29, 0.717) is 19.1 Å². The molecule has 1 N–H and O–H groups in total. The van der Waals surface area contributed by atoms with Crippen LogP contribution in [0, 0.1) is 0 Å². The Balaban J connectivity index is 2.48. The molecule has 0 unspecified atom stereocenters. The molecule has 1 rings (SSSR count). The van der Waals surface area contributed by atoms with Crippen molar-refractivity contribution in [2.75, 3.05) is 18.5 Å². The van der Waals surface area contributed by atoms with Gasteiger partial charge in [-0.25, -0.2) is 4.98 Å². The summed E-state index contributed by atoms with van der Waals surface area (Å²) in [5.41, 5.74) is 2.01. The lowest BCUT2D eigenvalue weighted by atomic mass is 10.2. The molecule has 0 aliphatic heterocycles. The number of aryl methyl sites for hydroxylation is 2. The van der Waals surface area contributed by atoms with E-state index < -0.39 is 0 Å². The highest BCUT2D eigenvalue weighted by atomic mass is 16.5. The van der Waals surface area contributed by atoms with Crippen LogP contribution < -0.4 is 5.32 Å². The van der Waals surface area contributed by atoms with E-state index in [4.69, 9.17) is 4.74 Å². The van der Waals surface area contributed by atoms with Crippen LogP contribution in [0.3, 0.4) is 0 Å². The second kappa shape index (κ2) is 7.17. The van der Waals surface area contributed by atoms with Crippen LogP contribution >= 0.6 is 0 Å². The van der Waals surface area contributed by atoms with E-state index in [0.717, 1.165) is 24.2 Å². The molecule has 1 aromatic heterocycles. The number of rotatable bonds is 7. The van der Waals surface area contributed by atoms with Crippen molar-refractivity contribution in [2.45, 2.75) is 46.6 Å². The second-order valence-corrected chi connectivity index (χ2v) is 4.08. The zero-order valence-electron chi connectivity index (χ0n) is 11.2. The summed E-state index contributed by atoms with van der Waals surface area (Å²) in [4.78, 5) is 4.44. The van der Waals surface area contributed by atoms with Crippen molar-refractivity contribution >= 4 is 5.95 Å². The van der Waals surface area contributed by atoms with Crippen LogP contribution in [0.1, 0.15) is 39.1 Å². The minimum absolute atomic E-state index is 0.254. The summed E-state index contributed by atoms with van der Waals surface area (Å²) in [5.74, 6) is 0.589. The Bertz CT molecular complexity index is 341. The lowest BCUT2D eigenvalue weighted by Crippen LogP contribution is -2.16. The van der Waals surface area contributed by atoms with E-state index in [2.05, 4.69) is 34.3 Å². The molecule has 0 amide bonds. The van der Waals surface area contributed by atoms with E-state index in [9.17, 15) is 0 Å². The summed E-state index contributed by atoms with van der Waals surface area (Å²) in [6, 6.07) is 0. The summed E-state index contributed by atoms with van der Waals surface area (Å²) in [6.45, 7) is 9.53. The number of nitrogens with one attached hydrogen (secondary N) is 1. The van der Waals surface area contributed by atoms with E-state index in [1.807, 2.05) is 13.8 Å². The van der Waals surface area contributed by atoms with Crippen molar-refractivity contribution in [1.29, 1.82) is 0 Å². The number of aromatic nitrogens is 3. The topological polar surface area (TPSA) is 59.9 Å². The van der Waals surface area contributed by atoms with Gasteiger partial charge in [-0.05, 0) is 26.7 Å². The zero-order chi connectivity index (χ0) is 12.7. The van der Waals surface area contributed by atoms with Gasteiger partial charge in [0.25, 0.3) is 0 Å². The first-order valence-corrected chi connectivity index (χ1v) is 6.25. The summed E-state index contributed by atoms with van der Waals surface area (Å²) in [6.07, 6.45) is 2.01. The molecule has 1 heterocycles. The van der Waals surface area contributed by atoms with E-state index in [1.165, 1.54) is 0 Å². The first-order chi connectivity index (χ1) is 8.17. The fourth-order valence-corrected chi connectivity index (χ4v) is 1.47. The Morgan fingerprint density at radius 3 is 2.41 bits per heavy atom. The fraction of sp³-hybridized carbons (Fsp3) is 0.750. The lowest BCUT2D eigenvalue weighted by molar-refractivity contribution is 0.0869. The van der Waals surface area contributed by atoms with Gasteiger partial charge in [-0.2, -0.15) is 5.10 Å². The third kappa shape index (κ3) is 4.65. The monoisotopic (exact) mass is 238 g/mol. The Kier molecular flexibility index (Phi) is 5.83. The highest BCUT2D eigenvalue weighted by Crippen LogP contribution is 2.06. The number of nitrogens with zero attached hydrogens (tertiary/aromatic N) is 3. The second-order valence-electron chi connectivity index (χ2n) is 4.08. The minimum Gasteiger partial charge on any atom is -0.377 e. The lowest BCUT2D eigenvalue weighted by Gasteiger charge is -2.09. The molecule has 0 aliphatic rings. The van der Waals surface area contributed by atoms with Gasteiger partial charge in [-0.1, -0.05) is 13.8 Å². The van der Waals surface area contributed by atoms with Crippen LogP contribution in [-0.2, 0) is 17.6 Å². The predicted octanol–water partition coefficient (Wildman–Crippen LogP) is 1.83. The SMILES string of the molecule is CCc1nnc(NCCOC(C)C)nc1CC. The number of anilines is 1. The quantitative estimate of drug-likeness (QED) is 0.734. The van der Waals surface area contributed by atoms with E-state index >= 15 is 0 Å². The molecule has 0 saturated heterocycles. The number of hydrogen-bond donors (Lipinski definition) is 1. The van der Waals surface area contributed by atoms with Crippen LogP contribution in [0.5, 0.6) is 0 Å². The number of ether oxygens (including phenoxy) is 1. The molecule has 0 spiro atoms. The van der Waals surface area contributed by atoms with Gasteiger partial charge in [0.15, 0.2) is 0 Å². The molecular weight excluding hydrogens is 216 g/mol. The number of hydrogen-bond acceptors (Lipinski definition) is 5. The van der Waals surface area contributed by atoms with Crippen molar-refractivity contribution < 1.29 is 4.74 Å². The van der Waals surface area contributed by atoms with Gasteiger partial charge in [0.1, 0.15) is 0 Å². The molecule has 0 atom stereocenters. The summed E-state index contributed by atoms with van der Waals surface area (Å²) >= 11 is 0. The van der Waals surface area contributed by atoms with Crippen LogP contribution in [0.25, 0.3) is 0 Å².